The van der Waals surface area contributed by atoms with Crippen LogP contribution in [0.4, 0.5) is 5.69 Å². The number of aromatic nitrogens is 4. The van der Waals surface area contributed by atoms with E-state index in [-0.39, 0.29) is 10.6 Å². The van der Waals surface area contributed by atoms with Crippen LogP contribution in [0, 0.1) is 0 Å². The molecule has 0 fully saturated rings. The third kappa shape index (κ3) is 3.30. The Morgan fingerprint density at radius 2 is 2.42 bits per heavy atom. The van der Waals surface area contributed by atoms with E-state index in [1.54, 1.807) is 7.11 Å². The van der Waals surface area contributed by atoms with Gasteiger partial charge in [-0.3, -0.25) is 4.79 Å². The smallest absolute Gasteiger partial charge is 0.287 e. The standard InChI is InChI=1S/C10H12ClN5O3/c1-18-3-2-16-10(17)9(11)7(4-14-16)12-5-8-13-6-19-15-8/h4,6,12H,2-3,5H2,1H3. The molecule has 0 aliphatic carbocycles. The number of nitrogens with zero attached hydrogens (tertiary/aromatic N) is 4. The Kier molecular flexibility index (Phi) is 4.48. The van der Waals surface area contributed by atoms with E-state index in [1.807, 2.05) is 0 Å². The van der Waals surface area contributed by atoms with Gasteiger partial charge in [-0.1, -0.05) is 16.8 Å². The minimum Gasteiger partial charge on any atom is -0.383 e. The normalized spacial score (nSPS) is 10.6. The van der Waals surface area contributed by atoms with Crippen LogP contribution in [0.1, 0.15) is 5.82 Å². The van der Waals surface area contributed by atoms with Gasteiger partial charge in [-0.15, -0.1) is 0 Å². The van der Waals surface area contributed by atoms with Gasteiger partial charge in [-0.25, -0.2) is 4.68 Å². The maximum atomic E-state index is 11.9. The van der Waals surface area contributed by atoms with Crippen LogP contribution in [-0.4, -0.2) is 33.6 Å². The van der Waals surface area contributed by atoms with Crippen molar-refractivity contribution in [2.24, 2.45) is 0 Å². The zero-order valence-electron chi connectivity index (χ0n) is 10.2. The van der Waals surface area contributed by atoms with Crippen molar-refractivity contribution in [3.05, 3.63) is 33.8 Å². The Hall–Kier alpha value is -1.93. The Balaban J connectivity index is 2.09. The monoisotopic (exact) mass is 285 g/mol. The summed E-state index contributed by atoms with van der Waals surface area (Å²) in [5, 5.41) is 10.6. The second-order valence-corrected chi connectivity index (χ2v) is 3.97. The van der Waals surface area contributed by atoms with Crippen molar-refractivity contribution in [3.63, 3.8) is 0 Å². The molecular weight excluding hydrogens is 274 g/mol. The molecule has 0 atom stereocenters. The number of nitrogens with one attached hydrogen (secondary N) is 1. The average molecular weight is 286 g/mol. The molecule has 0 bridgehead atoms. The van der Waals surface area contributed by atoms with E-state index in [9.17, 15) is 4.79 Å². The molecule has 8 nitrogen and oxygen atoms in total. The third-order valence-corrected chi connectivity index (χ3v) is 2.70. The molecule has 0 spiro atoms. The highest BCUT2D eigenvalue weighted by Crippen LogP contribution is 2.15. The minimum absolute atomic E-state index is 0.0644. The minimum atomic E-state index is -0.378. The van der Waals surface area contributed by atoms with Crippen molar-refractivity contribution in [2.75, 3.05) is 19.0 Å². The molecule has 0 saturated heterocycles. The number of halogens is 1. The van der Waals surface area contributed by atoms with Crippen molar-refractivity contribution < 1.29 is 9.26 Å². The number of methoxy groups -OCH3 is 1. The zero-order chi connectivity index (χ0) is 13.7. The summed E-state index contributed by atoms with van der Waals surface area (Å²) in [4.78, 5) is 15.7. The summed E-state index contributed by atoms with van der Waals surface area (Å²) in [6.45, 7) is 1.03. The van der Waals surface area contributed by atoms with Gasteiger partial charge in [-0.2, -0.15) is 10.1 Å². The van der Waals surface area contributed by atoms with Gasteiger partial charge in [0.1, 0.15) is 5.02 Å². The van der Waals surface area contributed by atoms with Gasteiger partial charge in [0.25, 0.3) is 5.56 Å². The first-order chi connectivity index (χ1) is 9.22. The molecular formula is C10H12ClN5O3. The second-order valence-electron chi connectivity index (χ2n) is 3.59. The van der Waals surface area contributed by atoms with Crippen LogP contribution in [0.3, 0.4) is 0 Å². The Morgan fingerprint density at radius 3 is 3.11 bits per heavy atom. The number of rotatable bonds is 6. The molecule has 9 heteroatoms. The molecule has 0 saturated carbocycles. The van der Waals surface area contributed by atoms with Gasteiger partial charge in [0, 0.05) is 7.11 Å². The van der Waals surface area contributed by atoms with Gasteiger partial charge in [0.05, 0.1) is 31.6 Å². The fourth-order valence-electron chi connectivity index (χ4n) is 1.37. The Morgan fingerprint density at radius 1 is 1.58 bits per heavy atom. The van der Waals surface area contributed by atoms with Gasteiger partial charge in [0.2, 0.25) is 6.39 Å². The highest BCUT2D eigenvalue weighted by Gasteiger charge is 2.09. The molecule has 0 amide bonds. The molecule has 19 heavy (non-hydrogen) atoms. The van der Waals surface area contributed by atoms with Crippen molar-refractivity contribution in [2.45, 2.75) is 13.1 Å². The molecule has 0 aromatic carbocycles. The highest BCUT2D eigenvalue weighted by molar-refractivity contribution is 6.32. The number of ether oxygens (including phenoxy) is 1. The van der Waals surface area contributed by atoms with Gasteiger partial charge in [0.15, 0.2) is 5.82 Å². The van der Waals surface area contributed by atoms with Crippen LogP contribution in [0.15, 0.2) is 21.9 Å². The zero-order valence-corrected chi connectivity index (χ0v) is 10.9. The lowest BCUT2D eigenvalue weighted by atomic mass is 10.4. The van der Waals surface area contributed by atoms with Gasteiger partial charge < -0.3 is 14.6 Å². The topological polar surface area (TPSA) is 95.1 Å². The van der Waals surface area contributed by atoms with E-state index in [0.717, 1.165) is 0 Å². The molecule has 2 aromatic rings. The van der Waals surface area contributed by atoms with E-state index >= 15 is 0 Å². The Labute approximate surface area is 113 Å². The molecule has 0 aliphatic rings. The summed E-state index contributed by atoms with van der Waals surface area (Å²) in [7, 11) is 1.55. The van der Waals surface area contributed by atoms with Crippen molar-refractivity contribution in [1.29, 1.82) is 0 Å². The van der Waals surface area contributed by atoms with E-state index in [0.29, 0.717) is 31.2 Å². The largest absolute Gasteiger partial charge is 0.383 e. The first-order valence-electron chi connectivity index (χ1n) is 5.46. The van der Waals surface area contributed by atoms with E-state index < -0.39 is 0 Å². The lowest BCUT2D eigenvalue weighted by Crippen LogP contribution is -2.26. The van der Waals surface area contributed by atoms with E-state index in [2.05, 4.69) is 25.1 Å². The summed E-state index contributed by atoms with van der Waals surface area (Å²) in [6.07, 6.45) is 2.69. The maximum absolute atomic E-state index is 11.9. The lowest BCUT2D eigenvalue weighted by Gasteiger charge is -2.08. The van der Waals surface area contributed by atoms with Crippen molar-refractivity contribution in [1.82, 2.24) is 19.9 Å². The SMILES string of the molecule is COCCn1ncc(NCc2ncon2)c(Cl)c1=O. The van der Waals surface area contributed by atoms with Crippen LogP contribution < -0.4 is 10.9 Å². The molecule has 2 heterocycles. The molecule has 0 aliphatic heterocycles. The van der Waals surface area contributed by atoms with E-state index in [1.165, 1.54) is 17.3 Å². The van der Waals surface area contributed by atoms with Crippen LogP contribution in [0.5, 0.6) is 0 Å². The molecule has 0 radical (unpaired) electrons. The van der Waals surface area contributed by atoms with Crippen molar-refractivity contribution >= 4 is 17.3 Å². The predicted octanol–water partition coefficient (Wildman–Crippen LogP) is 0.538. The third-order valence-electron chi connectivity index (χ3n) is 2.34. The fraction of sp³-hybridized carbons (Fsp3) is 0.400. The molecule has 1 N–H and O–H groups in total. The maximum Gasteiger partial charge on any atom is 0.287 e. The number of anilines is 1. The van der Waals surface area contributed by atoms with Crippen LogP contribution in [0.25, 0.3) is 0 Å². The summed E-state index contributed by atoms with van der Waals surface area (Å²) in [6, 6.07) is 0. The average Bonchev–Trinajstić information content (AvgIpc) is 2.92. The summed E-state index contributed by atoms with van der Waals surface area (Å²) in [5.74, 6) is 0.458. The second kappa shape index (κ2) is 6.30. The van der Waals surface area contributed by atoms with Crippen LogP contribution in [0.2, 0.25) is 5.02 Å². The molecule has 2 aromatic heterocycles. The molecule has 2 rings (SSSR count). The van der Waals surface area contributed by atoms with Crippen LogP contribution in [-0.2, 0) is 17.8 Å². The molecule has 0 unspecified atom stereocenters. The first kappa shape index (κ1) is 13.5. The van der Waals surface area contributed by atoms with Crippen molar-refractivity contribution in [3.8, 4) is 0 Å². The predicted molar refractivity (Wildman–Crippen MR) is 67.0 cm³/mol. The quantitative estimate of drug-likeness (QED) is 0.827. The van der Waals surface area contributed by atoms with Gasteiger partial charge >= 0.3 is 0 Å². The van der Waals surface area contributed by atoms with Gasteiger partial charge in [-0.05, 0) is 0 Å². The highest BCUT2D eigenvalue weighted by atomic mass is 35.5. The first-order valence-corrected chi connectivity index (χ1v) is 5.84. The fourth-order valence-corrected chi connectivity index (χ4v) is 1.58. The summed E-state index contributed by atoms with van der Waals surface area (Å²) in [5.41, 5.74) is 0.0435. The van der Waals surface area contributed by atoms with E-state index in [4.69, 9.17) is 16.3 Å². The number of hydrogen-bond acceptors (Lipinski definition) is 7. The Bertz CT molecular complexity index is 583. The molecule has 102 valence electrons. The summed E-state index contributed by atoms with van der Waals surface area (Å²) >= 11 is 5.98. The summed E-state index contributed by atoms with van der Waals surface area (Å²) < 4.78 is 10.7. The lowest BCUT2D eigenvalue weighted by molar-refractivity contribution is 0.182. The number of hydrogen-bond donors (Lipinski definition) is 1. The van der Waals surface area contributed by atoms with Crippen LogP contribution >= 0.6 is 11.6 Å².